The quantitative estimate of drug-likeness (QED) is 0.650. The summed E-state index contributed by atoms with van der Waals surface area (Å²) in [5.74, 6) is -1.11. The predicted octanol–water partition coefficient (Wildman–Crippen LogP) is 0.803. The van der Waals surface area contributed by atoms with E-state index < -0.39 is 5.76 Å². The van der Waals surface area contributed by atoms with E-state index >= 15 is 0 Å². The van der Waals surface area contributed by atoms with Gasteiger partial charge in [-0.2, -0.15) is 5.10 Å². The minimum Gasteiger partial charge on any atom is -0.408 e. The van der Waals surface area contributed by atoms with Crippen LogP contribution in [-0.4, -0.2) is 33.6 Å². The van der Waals surface area contributed by atoms with Gasteiger partial charge in [0.15, 0.2) is 11.4 Å². The Labute approximate surface area is 141 Å². The van der Waals surface area contributed by atoms with Gasteiger partial charge in [0, 0.05) is 31.5 Å². The van der Waals surface area contributed by atoms with E-state index in [4.69, 9.17) is 4.42 Å². The number of amides is 2. The third kappa shape index (κ3) is 2.40. The van der Waals surface area contributed by atoms with Crippen LogP contribution in [0.1, 0.15) is 28.4 Å². The Morgan fingerprint density at radius 3 is 3.00 bits per heavy atom. The van der Waals surface area contributed by atoms with Crippen molar-refractivity contribution < 1.29 is 14.0 Å². The molecular formula is C16H15N5O4. The van der Waals surface area contributed by atoms with E-state index in [1.807, 2.05) is 0 Å². The van der Waals surface area contributed by atoms with Crippen molar-refractivity contribution in [1.29, 1.82) is 0 Å². The minimum absolute atomic E-state index is 0.141. The van der Waals surface area contributed by atoms with Gasteiger partial charge in [-0.3, -0.25) is 19.3 Å². The molecule has 3 aromatic rings. The Kier molecular flexibility index (Phi) is 3.41. The zero-order chi connectivity index (χ0) is 17.6. The van der Waals surface area contributed by atoms with Crippen molar-refractivity contribution in [2.75, 3.05) is 12.4 Å². The van der Waals surface area contributed by atoms with Crippen molar-refractivity contribution in [2.24, 2.45) is 0 Å². The van der Waals surface area contributed by atoms with Crippen molar-refractivity contribution >= 4 is 28.7 Å². The Balaban J connectivity index is 1.80. The maximum Gasteiger partial charge on any atom is 0.419 e. The summed E-state index contributed by atoms with van der Waals surface area (Å²) in [4.78, 5) is 36.3. The number of carbonyl (C=O) groups is 2. The Hall–Kier alpha value is -3.36. The molecule has 0 saturated heterocycles. The van der Waals surface area contributed by atoms with Crippen LogP contribution in [0.15, 0.2) is 33.5 Å². The molecule has 1 aliphatic heterocycles. The lowest BCUT2D eigenvalue weighted by Crippen LogP contribution is -2.29. The zero-order valence-electron chi connectivity index (χ0n) is 13.3. The fraction of sp³-hybridized carbons (Fsp3) is 0.250. The van der Waals surface area contributed by atoms with Crippen molar-refractivity contribution in [3.05, 3.63) is 46.1 Å². The number of nitrogens with one attached hydrogen (secondary N) is 3. The summed E-state index contributed by atoms with van der Waals surface area (Å²) in [6.07, 6.45) is 0.141. The molecule has 0 spiro atoms. The van der Waals surface area contributed by atoms with Gasteiger partial charge in [0.25, 0.3) is 5.91 Å². The Morgan fingerprint density at radius 1 is 1.40 bits per heavy atom. The average Bonchev–Trinajstić information content (AvgIpc) is 3.16. The number of hydrogen-bond acceptors (Lipinski definition) is 5. The van der Waals surface area contributed by atoms with E-state index in [-0.39, 0.29) is 36.4 Å². The molecule has 0 fully saturated rings. The number of rotatable bonds is 3. The second kappa shape index (κ2) is 5.62. The van der Waals surface area contributed by atoms with Crippen LogP contribution in [-0.2, 0) is 11.3 Å². The Morgan fingerprint density at radius 2 is 2.20 bits per heavy atom. The smallest absolute Gasteiger partial charge is 0.408 e. The minimum atomic E-state index is -0.501. The SMILES string of the molecule is CNC(=O)c1[nH]nc2c1C(Cn1c(=O)oc3ccccc31)CC(=O)N2. The normalized spacial score (nSPS) is 16.5. The molecule has 2 amide bonds. The van der Waals surface area contributed by atoms with Crippen molar-refractivity contribution in [2.45, 2.75) is 18.9 Å². The molecular weight excluding hydrogens is 326 g/mol. The summed E-state index contributed by atoms with van der Waals surface area (Å²) in [5.41, 5.74) is 2.00. The summed E-state index contributed by atoms with van der Waals surface area (Å²) >= 11 is 0. The predicted molar refractivity (Wildman–Crippen MR) is 88.4 cm³/mol. The highest BCUT2D eigenvalue weighted by Crippen LogP contribution is 2.34. The maximum atomic E-state index is 12.2. The molecule has 9 heteroatoms. The maximum absolute atomic E-state index is 12.2. The second-order valence-electron chi connectivity index (χ2n) is 5.84. The number of aromatic nitrogens is 3. The summed E-state index contributed by atoms with van der Waals surface area (Å²) in [7, 11) is 1.51. The van der Waals surface area contributed by atoms with Crippen LogP contribution >= 0.6 is 0 Å². The molecule has 1 unspecified atom stereocenters. The summed E-state index contributed by atoms with van der Waals surface area (Å²) in [5, 5.41) is 11.9. The van der Waals surface area contributed by atoms with Gasteiger partial charge < -0.3 is 15.1 Å². The van der Waals surface area contributed by atoms with E-state index in [0.29, 0.717) is 22.5 Å². The number of oxazole rings is 1. The molecule has 1 aromatic carbocycles. The monoisotopic (exact) mass is 341 g/mol. The van der Waals surface area contributed by atoms with Gasteiger partial charge in [0.05, 0.1) is 5.52 Å². The van der Waals surface area contributed by atoms with Crippen molar-refractivity contribution in [1.82, 2.24) is 20.1 Å². The van der Waals surface area contributed by atoms with Gasteiger partial charge >= 0.3 is 5.76 Å². The molecule has 0 aliphatic carbocycles. The first-order valence-electron chi connectivity index (χ1n) is 7.77. The lowest BCUT2D eigenvalue weighted by molar-refractivity contribution is -0.117. The highest BCUT2D eigenvalue weighted by molar-refractivity contribution is 6.00. The molecule has 1 aliphatic rings. The molecule has 4 rings (SSSR count). The molecule has 0 saturated carbocycles. The standard InChI is InChI=1S/C16H15N5O4/c1-17-15(23)13-12-8(6-11(22)18-14(12)20-19-13)7-21-9-4-2-3-5-10(9)25-16(21)24/h2-5,8H,6-7H2,1H3,(H,17,23)(H2,18,19,20,22). The van der Waals surface area contributed by atoms with E-state index in [9.17, 15) is 14.4 Å². The average molecular weight is 341 g/mol. The number of para-hydroxylation sites is 2. The van der Waals surface area contributed by atoms with Gasteiger partial charge in [-0.1, -0.05) is 12.1 Å². The number of carbonyl (C=O) groups excluding carboxylic acids is 2. The molecule has 2 aromatic heterocycles. The van der Waals surface area contributed by atoms with Gasteiger partial charge in [-0.15, -0.1) is 0 Å². The molecule has 0 bridgehead atoms. The third-order valence-electron chi connectivity index (χ3n) is 4.33. The second-order valence-corrected chi connectivity index (χ2v) is 5.84. The largest absolute Gasteiger partial charge is 0.419 e. The van der Waals surface area contributed by atoms with E-state index in [1.54, 1.807) is 24.3 Å². The summed E-state index contributed by atoms with van der Waals surface area (Å²) in [6.45, 7) is 0.208. The summed E-state index contributed by atoms with van der Waals surface area (Å²) < 4.78 is 6.72. The van der Waals surface area contributed by atoms with E-state index in [2.05, 4.69) is 20.8 Å². The van der Waals surface area contributed by atoms with Crippen molar-refractivity contribution in [3.63, 3.8) is 0 Å². The topological polar surface area (TPSA) is 122 Å². The van der Waals surface area contributed by atoms with Gasteiger partial charge in [-0.25, -0.2) is 4.79 Å². The van der Waals surface area contributed by atoms with Crippen LogP contribution in [0.25, 0.3) is 11.1 Å². The number of nitrogens with zero attached hydrogens (tertiary/aromatic N) is 2. The van der Waals surface area contributed by atoms with Crippen LogP contribution in [0.4, 0.5) is 5.82 Å². The molecule has 128 valence electrons. The van der Waals surface area contributed by atoms with Crippen LogP contribution < -0.4 is 16.4 Å². The summed E-state index contributed by atoms with van der Waals surface area (Å²) in [6, 6.07) is 7.07. The van der Waals surface area contributed by atoms with E-state index in [1.165, 1.54) is 11.6 Å². The lowest BCUT2D eigenvalue weighted by atomic mass is 9.91. The van der Waals surface area contributed by atoms with Gasteiger partial charge in [0.2, 0.25) is 5.91 Å². The number of aromatic amines is 1. The zero-order valence-corrected chi connectivity index (χ0v) is 13.3. The fourth-order valence-electron chi connectivity index (χ4n) is 3.21. The number of benzene rings is 1. The molecule has 3 heterocycles. The number of anilines is 1. The third-order valence-corrected chi connectivity index (χ3v) is 4.33. The number of H-pyrrole nitrogens is 1. The van der Waals surface area contributed by atoms with Crippen LogP contribution in [0.2, 0.25) is 0 Å². The molecule has 0 radical (unpaired) electrons. The lowest BCUT2D eigenvalue weighted by Gasteiger charge is -2.22. The first-order valence-corrected chi connectivity index (χ1v) is 7.77. The van der Waals surface area contributed by atoms with Crippen LogP contribution in [0.5, 0.6) is 0 Å². The highest BCUT2D eigenvalue weighted by Gasteiger charge is 2.33. The van der Waals surface area contributed by atoms with Crippen LogP contribution in [0, 0.1) is 0 Å². The number of hydrogen-bond donors (Lipinski definition) is 3. The molecule has 25 heavy (non-hydrogen) atoms. The first kappa shape index (κ1) is 15.2. The van der Waals surface area contributed by atoms with Gasteiger partial charge in [0.1, 0.15) is 5.69 Å². The Bertz CT molecular complexity index is 1040. The molecule has 9 nitrogen and oxygen atoms in total. The van der Waals surface area contributed by atoms with Gasteiger partial charge in [-0.05, 0) is 12.1 Å². The first-order chi connectivity index (χ1) is 12.1. The van der Waals surface area contributed by atoms with Crippen molar-refractivity contribution in [3.8, 4) is 0 Å². The van der Waals surface area contributed by atoms with E-state index in [0.717, 1.165) is 0 Å². The fourth-order valence-corrected chi connectivity index (χ4v) is 3.21. The molecule has 3 N–H and O–H groups in total. The highest BCUT2D eigenvalue weighted by atomic mass is 16.4. The molecule has 1 atom stereocenters. The number of fused-ring (bicyclic) bond motifs is 2. The van der Waals surface area contributed by atoms with Crippen LogP contribution in [0.3, 0.4) is 0 Å².